The molecule has 2 unspecified atom stereocenters. The number of nitrogens with zero attached hydrogens (tertiary/aromatic N) is 1. The lowest BCUT2D eigenvalue weighted by atomic mass is 9.99. The molecule has 1 N–H and O–H groups in total. The zero-order valence-corrected chi connectivity index (χ0v) is 13.6. The molecule has 1 aliphatic rings. The molecule has 0 saturated carbocycles. The fraction of sp³-hybridized carbons (Fsp3) is 0.611. The van der Waals surface area contributed by atoms with Crippen LogP contribution in [0, 0.1) is 5.92 Å². The summed E-state index contributed by atoms with van der Waals surface area (Å²) < 4.78 is 0. The van der Waals surface area contributed by atoms with E-state index in [1.807, 2.05) is 19.1 Å². The fourth-order valence-electron chi connectivity index (χ4n) is 2.86. The minimum atomic E-state index is 0.0301. The van der Waals surface area contributed by atoms with E-state index in [9.17, 15) is 4.79 Å². The third kappa shape index (κ3) is 4.85. The molecule has 2 atom stereocenters. The van der Waals surface area contributed by atoms with E-state index in [1.54, 1.807) is 0 Å². The number of nitrogens with one attached hydrogen (secondary N) is 1. The Hall–Kier alpha value is -1.35. The summed E-state index contributed by atoms with van der Waals surface area (Å²) in [5.74, 6) is 0.835. The number of piperidine rings is 1. The van der Waals surface area contributed by atoms with Crippen LogP contribution in [0.1, 0.15) is 56.0 Å². The third-order valence-electron chi connectivity index (χ3n) is 4.35. The van der Waals surface area contributed by atoms with Gasteiger partial charge in [-0.25, -0.2) is 0 Å². The van der Waals surface area contributed by atoms with Crippen molar-refractivity contribution in [1.82, 2.24) is 10.2 Å². The minimum absolute atomic E-state index is 0.0301. The molecule has 1 heterocycles. The average Bonchev–Trinajstić information content (AvgIpc) is 2.47. The molecule has 3 nitrogen and oxygen atoms in total. The van der Waals surface area contributed by atoms with Crippen LogP contribution >= 0.6 is 0 Å². The van der Waals surface area contributed by atoms with Gasteiger partial charge in [0, 0.05) is 24.7 Å². The molecule has 21 heavy (non-hydrogen) atoms. The van der Waals surface area contributed by atoms with E-state index < -0.39 is 0 Å². The zero-order valence-electron chi connectivity index (χ0n) is 13.6. The highest BCUT2D eigenvalue weighted by molar-refractivity contribution is 5.94. The van der Waals surface area contributed by atoms with Crippen molar-refractivity contribution in [2.24, 2.45) is 5.92 Å². The second-order valence-corrected chi connectivity index (χ2v) is 6.46. The van der Waals surface area contributed by atoms with Crippen LogP contribution in [0.5, 0.6) is 0 Å². The van der Waals surface area contributed by atoms with Gasteiger partial charge in [0.05, 0.1) is 0 Å². The SMILES string of the molecule is CCC(C)NC(=O)c1ccc(CN2CCCC(C)C2)cc1. The molecule has 3 heteroatoms. The number of benzene rings is 1. The molecule has 116 valence electrons. The Labute approximate surface area is 128 Å². The van der Waals surface area contributed by atoms with Crippen LogP contribution < -0.4 is 5.32 Å². The number of hydrogen-bond donors (Lipinski definition) is 1. The van der Waals surface area contributed by atoms with Gasteiger partial charge in [-0.3, -0.25) is 9.69 Å². The number of likely N-dealkylation sites (tertiary alicyclic amines) is 1. The van der Waals surface area contributed by atoms with E-state index in [0.717, 1.165) is 24.4 Å². The summed E-state index contributed by atoms with van der Waals surface area (Å²) in [6.45, 7) is 9.82. The van der Waals surface area contributed by atoms with Gasteiger partial charge in [0.2, 0.25) is 0 Å². The molecule has 1 amide bonds. The summed E-state index contributed by atoms with van der Waals surface area (Å²) in [6, 6.07) is 8.29. The van der Waals surface area contributed by atoms with Crippen LogP contribution in [-0.2, 0) is 6.54 Å². The molecular weight excluding hydrogens is 260 g/mol. The van der Waals surface area contributed by atoms with E-state index in [4.69, 9.17) is 0 Å². The minimum Gasteiger partial charge on any atom is -0.350 e. The maximum atomic E-state index is 12.0. The van der Waals surface area contributed by atoms with E-state index in [0.29, 0.717) is 0 Å². The van der Waals surface area contributed by atoms with Crippen molar-refractivity contribution >= 4 is 5.91 Å². The van der Waals surface area contributed by atoms with Crippen molar-refractivity contribution in [3.05, 3.63) is 35.4 Å². The predicted molar refractivity (Wildman–Crippen MR) is 87.3 cm³/mol. The van der Waals surface area contributed by atoms with Crippen molar-refractivity contribution in [2.75, 3.05) is 13.1 Å². The van der Waals surface area contributed by atoms with E-state index in [2.05, 4.69) is 36.2 Å². The largest absolute Gasteiger partial charge is 0.350 e. The first-order valence-electron chi connectivity index (χ1n) is 8.20. The standard InChI is InChI=1S/C18H28N2O/c1-4-15(3)19-18(21)17-9-7-16(8-10-17)13-20-11-5-6-14(2)12-20/h7-10,14-15H,4-6,11-13H2,1-3H3,(H,19,21). The Morgan fingerprint density at radius 3 is 2.71 bits per heavy atom. The number of hydrogen-bond acceptors (Lipinski definition) is 2. The molecule has 1 aromatic rings. The lowest BCUT2D eigenvalue weighted by molar-refractivity contribution is 0.0939. The van der Waals surface area contributed by atoms with Gasteiger partial charge in [-0.15, -0.1) is 0 Å². The summed E-state index contributed by atoms with van der Waals surface area (Å²) in [4.78, 5) is 14.6. The smallest absolute Gasteiger partial charge is 0.251 e. The van der Waals surface area contributed by atoms with Gasteiger partial charge in [0.15, 0.2) is 0 Å². The Kier molecular flexibility index (Phi) is 5.80. The maximum Gasteiger partial charge on any atom is 0.251 e. The third-order valence-corrected chi connectivity index (χ3v) is 4.35. The first-order valence-corrected chi connectivity index (χ1v) is 8.20. The quantitative estimate of drug-likeness (QED) is 0.900. The van der Waals surface area contributed by atoms with Crippen LogP contribution in [0.4, 0.5) is 0 Å². The van der Waals surface area contributed by atoms with Gasteiger partial charge < -0.3 is 5.32 Å². The lowest BCUT2D eigenvalue weighted by Crippen LogP contribution is -2.33. The number of carbonyl (C=O) groups excluding carboxylic acids is 1. The summed E-state index contributed by atoms with van der Waals surface area (Å²) in [6.07, 6.45) is 3.61. The summed E-state index contributed by atoms with van der Waals surface area (Å²) in [5, 5.41) is 3.00. The molecule has 1 fully saturated rings. The van der Waals surface area contributed by atoms with E-state index in [1.165, 1.54) is 31.5 Å². The normalized spacial score (nSPS) is 21.0. The molecule has 2 rings (SSSR count). The van der Waals surface area contributed by atoms with Crippen LogP contribution in [0.25, 0.3) is 0 Å². The molecule has 0 aliphatic carbocycles. The van der Waals surface area contributed by atoms with Crippen molar-refractivity contribution in [3.63, 3.8) is 0 Å². The van der Waals surface area contributed by atoms with Crippen LogP contribution in [0.2, 0.25) is 0 Å². The molecular formula is C18H28N2O. The van der Waals surface area contributed by atoms with Crippen molar-refractivity contribution in [3.8, 4) is 0 Å². The molecule has 1 saturated heterocycles. The van der Waals surface area contributed by atoms with Crippen molar-refractivity contribution in [1.29, 1.82) is 0 Å². The van der Waals surface area contributed by atoms with E-state index >= 15 is 0 Å². The maximum absolute atomic E-state index is 12.0. The van der Waals surface area contributed by atoms with Gasteiger partial charge in [-0.1, -0.05) is 26.0 Å². The highest BCUT2D eigenvalue weighted by Crippen LogP contribution is 2.18. The molecule has 1 aromatic carbocycles. The van der Waals surface area contributed by atoms with Gasteiger partial charge in [0.25, 0.3) is 5.91 Å². The van der Waals surface area contributed by atoms with E-state index in [-0.39, 0.29) is 11.9 Å². The molecule has 0 radical (unpaired) electrons. The predicted octanol–water partition coefficient (Wildman–Crippen LogP) is 3.45. The number of rotatable bonds is 5. The Morgan fingerprint density at radius 1 is 1.38 bits per heavy atom. The van der Waals surface area contributed by atoms with Crippen LogP contribution in [0.3, 0.4) is 0 Å². The highest BCUT2D eigenvalue weighted by Gasteiger charge is 2.16. The number of carbonyl (C=O) groups is 1. The summed E-state index contributed by atoms with van der Waals surface area (Å²) in [5.41, 5.74) is 2.05. The second-order valence-electron chi connectivity index (χ2n) is 6.46. The lowest BCUT2D eigenvalue weighted by Gasteiger charge is -2.30. The van der Waals surface area contributed by atoms with Crippen LogP contribution in [-0.4, -0.2) is 29.9 Å². The molecule has 0 spiro atoms. The average molecular weight is 288 g/mol. The topological polar surface area (TPSA) is 32.3 Å². The number of amides is 1. The van der Waals surface area contributed by atoms with Crippen molar-refractivity contribution in [2.45, 2.75) is 52.6 Å². The first kappa shape index (κ1) is 16.0. The monoisotopic (exact) mass is 288 g/mol. The first-order chi connectivity index (χ1) is 10.1. The Morgan fingerprint density at radius 2 is 2.10 bits per heavy atom. The fourth-order valence-corrected chi connectivity index (χ4v) is 2.86. The molecule has 0 bridgehead atoms. The highest BCUT2D eigenvalue weighted by atomic mass is 16.1. The van der Waals surface area contributed by atoms with Gasteiger partial charge >= 0.3 is 0 Å². The van der Waals surface area contributed by atoms with Gasteiger partial charge in [-0.2, -0.15) is 0 Å². The van der Waals surface area contributed by atoms with Crippen LogP contribution in [0.15, 0.2) is 24.3 Å². The van der Waals surface area contributed by atoms with Gasteiger partial charge in [-0.05, 0) is 56.3 Å². The van der Waals surface area contributed by atoms with Crippen molar-refractivity contribution < 1.29 is 4.79 Å². The second kappa shape index (κ2) is 7.60. The summed E-state index contributed by atoms with van der Waals surface area (Å²) in [7, 11) is 0. The van der Waals surface area contributed by atoms with Gasteiger partial charge in [0.1, 0.15) is 0 Å². The Bertz CT molecular complexity index is 455. The molecule has 0 aromatic heterocycles. The Balaban J connectivity index is 1.91. The summed E-state index contributed by atoms with van der Waals surface area (Å²) >= 11 is 0. The molecule has 1 aliphatic heterocycles. The zero-order chi connectivity index (χ0) is 15.2.